The molecule has 0 spiro atoms. The van der Waals surface area contributed by atoms with Crippen molar-refractivity contribution in [2.45, 2.75) is 24.8 Å². The fourth-order valence-corrected chi connectivity index (χ4v) is 5.52. The van der Waals surface area contributed by atoms with Crippen LogP contribution in [0.4, 0.5) is 11.4 Å². The molecule has 7 nitrogen and oxygen atoms in total. The molecule has 0 saturated carbocycles. The Labute approximate surface area is 233 Å². The second kappa shape index (κ2) is 12.1. The molecule has 0 aliphatic carbocycles. The van der Waals surface area contributed by atoms with E-state index in [1.54, 1.807) is 48.5 Å². The molecule has 200 valence electrons. The molecule has 0 radical (unpaired) electrons. The Morgan fingerprint density at radius 3 is 2.13 bits per heavy atom. The van der Waals surface area contributed by atoms with Gasteiger partial charge in [-0.05, 0) is 67.9 Å². The number of para-hydroxylation sites is 1. The molecule has 1 unspecified atom stereocenters. The Morgan fingerprint density at radius 1 is 0.846 bits per heavy atom. The van der Waals surface area contributed by atoms with E-state index in [4.69, 9.17) is 11.6 Å². The van der Waals surface area contributed by atoms with Crippen molar-refractivity contribution in [2.75, 3.05) is 16.2 Å². The molecule has 0 saturated heterocycles. The van der Waals surface area contributed by atoms with E-state index >= 15 is 0 Å². The minimum absolute atomic E-state index is 0.00467. The minimum Gasteiger partial charge on any atom is -0.345 e. The molecule has 2 amide bonds. The first-order chi connectivity index (χ1) is 18.6. The van der Waals surface area contributed by atoms with Crippen molar-refractivity contribution >= 4 is 44.8 Å². The Hall–Kier alpha value is -4.14. The fraction of sp³-hybridized carbons (Fsp3) is 0.133. The van der Waals surface area contributed by atoms with Crippen molar-refractivity contribution in [3.63, 3.8) is 0 Å². The van der Waals surface area contributed by atoms with Crippen LogP contribution in [0.25, 0.3) is 0 Å². The van der Waals surface area contributed by atoms with Gasteiger partial charge >= 0.3 is 0 Å². The zero-order chi connectivity index (χ0) is 28.0. The van der Waals surface area contributed by atoms with Crippen molar-refractivity contribution in [1.82, 2.24) is 5.32 Å². The predicted octanol–water partition coefficient (Wildman–Crippen LogP) is 5.97. The van der Waals surface area contributed by atoms with Crippen LogP contribution in [-0.4, -0.2) is 26.8 Å². The van der Waals surface area contributed by atoms with E-state index in [0.717, 1.165) is 15.4 Å². The highest BCUT2D eigenvalue weighted by Gasteiger charge is 2.28. The van der Waals surface area contributed by atoms with Crippen molar-refractivity contribution in [2.24, 2.45) is 0 Å². The third kappa shape index (κ3) is 6.85. The molecule has 0 aromatic heterocycles. The summed E-state index contributed by atoms with van der Waals surface area (Å²) in [6, 6.07) is 28.4. The second-order valence-corrected chi connectivity index (χ2v) is 11.3. The van der Waals surface area contributed by atoms with Crippen LogP contribution in [0.3, 0.4) is 0 Å². The van der Waals surface area contributed by atoms with Gasteiger partial charge in [-0.2, -0.15) is 0 Å². The molecule has 0 aliphatic heterocycles. The number of nitrogens with one attached hydrogen (secondary N) is 2. The third-order valence-corrected chi connectivity index (χ3v) is 8.14. The van der Waals surface area contributed by atoms with E-state index in [0.29, 0.717) is 10.7 Å². The molecule has 4 rings (SSSR count). The predicted molar refractivity (Wildman–Crippen MR) is 155 cm³/mol. The van der Waals surface area contributed by atoms with Gasteiger partial charge in [0, 0.05) is 5.02 Å². The lowest BCUT2D eigenvalue weighted by Crippen LogP contribution is -2.38. The topological polar surface area (TPSA) is 95.6 Å². The van der Waals surface area contributed by atoms with Crippen LogP contribution in [0.5, 0.6) is 0 Å². The molecule has 0 heterocycles. The third-order valence-electron chi connectivity index (χ3n) is 6.10. The maximum atomic E-state index is 13.6. The number of halogens is 1. The van der Waals surface area contributed by atoms with Crippen LogP contribution in [0.1, 0.15) is 34.5 Å². The summed E-state index contributed by atoms with van der Waals surface area (Å²) >= 11 is 5.95. The number of benzene rings is 4. The summed E-state index contributed by atoms with van der Waals surface area (Å²) in [5, 5.41) is 6.06. The van der Waals surface area contributed by atoms with Gasteiger partial charge in [0.25, 0.3) is 15.9 Å². The van der Waals surface area contributed by atoms with Crippen LogP contribution in [-0.2, 0) is 14.8 Å². The molecule has 1 atom stereocenters. The van der Waals surface area contributed by atoms with Gasteiger partial charge in [0.05, 0.1) is 27.9 Å². The second-order valence-electron chi connectivity index (χ2n) is 9.00. The van der Waals surface area contributed by atoms with E-state index in [2.05, 4.69) is 10.6 Å². The molecular formula is C30H28ClN3O4S. The number of hydrogen-bond donors (Lipinski definition) is 2. The molecule has 0 aliphatic rings. The van der Waals surface area contributed by atoms with E-state index in [1.165, 1.54) is 24.3 Å². The van der Waals surface area contributed by atoms with Gasteiger partial charge < -0.3 is 10.6 Å². The average molecular weight is 562 g/mol. The average Bonchev–Trinajstić information content (AvgIpc) is 2.93. The molecule has 9 heteroatoms. The maximum absolute atomic E-state index is 13.6. The van der Waals surface area contributed by atoms with Crippen molar-refractivity contribution in [1.29, 1.82) is 0 Å². The summed E-state index contributed by atoms with van der Waals surface area (Å²) in [7, 11) is -4.11. The van der Waals surface area contributed by atoms with E-state index in [-0.39, 0.29) is 28.1 Å². The van der Waals surface area contributed by atoms with Crippen LogP contribution in [0.15, 0.2) is 108 Å². The smallest absolute Gasteiger partial charge is 0.264 e. The van der Waals surface area contributed by atoms with E-state index in [9.17, 15) is 18.0 Å². The van der Waals surface area contributed by atoms with Crippen molar-refractivity contribution < 1.29 is 18.0 Å². The van der Waals surface area contributed by atoms with Crippen LogP contribution < -0.4 is 14.9 Å². The standard InChI is InChI=1S/C30H28ClN3O4S/c1-21-12-16-25(17-13-21)34(39(37,38)26-18-14-24(31)15-19-26)20-29(35)33-28-11-7-6-10-27(28)30(36)32-22(2)23-8-4-3-5-9-23/h3-19,22H,20H2,1-2H3,(H,32,36)(H,33,35). The van der Waals surface area contributed by atoms with Gasteiger partial charge in [-0.15, -0.1) is 0 Å². The maximum Gasteiger partial charge on any atom is 0.264 e. The summed E-state index contributed by atoms with van der Waals surface area (Å²) in [6.45, 7) is 3.25. The van der Waals surface area contributed by atoms with Crippen LogP contribution >= 0.6 is 11.6 Å². The highest BCUT2D eigenvalue weighted by molar-refractivity contribution is 7.92. The van der Waals surface area contributed by atoms with Crippen molar-refractivity contribution in [3.05, 3.63) is 125 Å². The number of hydrogen-bond acceptors (Lipinski definition) is 4. The highest BCUT2D eigenvalue weighted by Crippen LogP contribution is 2.26. The van der Waals surface area contributed by atoms with Crippen LogP contribution in [0, 0.1) is 6.92 Å². The Kier molecular flexibility index (Phi) is 8.69. The number of nitrogens with zero attached hydrogens (tertiary/aromatic N) is 1. The van der Waals surface area contributed by atoms with Gasteiger partial charge in [-0.1, -0.05) is 71.8 Å². The molecule has 0 bridgehead atoms. The number of carbonyl (C=O) groups is 2. The molecule has 4 aromatic carbocycles. The lowest BCUT2D eigenvalue weighted by Gasteiger charge is -2.24. The Balaban J connectivity index is 1.57. The number of amides is 2. The summed E-state index contributed by atoms with van der Waals surface area (Å²) in [4.78, 5) is 26.3. The highest BCUT2D eigenvalue weighted by atomic mass is 35.5. The number of anilines is 2. The van der Waals surface area contributed by atoms with Gasteiger partial charge in [-0.25, -0.2) is 8.42 Å². The van der Waals surface area contributed by atoms with Gasteiger partial charge in [0.15, 0.2) is 0 Å². The first-order valence-corrected chi connectivity index (χ1v) is 14.1. The van der Waals surface area contributed by atoms with Gasteiger partial charge in [0.1, 0.15) is 6.54 Å². The van der Waals surface area contributed by atoms with E-state index in [1.807, 2.05) is 44.2 Å². The summed E-state index contributed by atoms with van der Waals surface area (Å²) < 4.78 is 28.2. The largest absolute Gasteiger partial charge is 0.345 e. The molecular weight excluding hydrogens is 534 g/mol. The van der Waals surface area contributed by atoms with Gasteiger partial charge in [0.2, 0.25) is 5.91 Å². The monoisotopic (exact) mass is 561 g/mol. The number of sulfonamides is 1. The lowest BCUT2D eigenvalue weighted by molar-refractivity contribution is -0.114. The molecule has 4 aromatic rings. The van der Waals surface area contributed by atoms with Crippen molar-refractivity contribution in [3.8, 4) is 0 Å². The normalized spacial score (nSPS) is 11.9. The quantitative estimate of drug-likeness (QED) is 0.263. The summed E-state index contributed by atoms with van der Waals surface area (Å²) in [6.07, 6.45) is 0. The molecule has 39 heavy (non-hydrogen) atoms. The Bertz CT molecular complexity index is 1560. The van der Waals surface area contributed by atoms with Gasteiger partial charge in [-0.3, -0.25) is 13.9 Å². The summed E-state index contributed by atoms with van der Waals surface area (Å²) in [5.74, 6) is -0.976. The fourth-order valence-electron chi connectivity index (χ4n) is 3.97. The summed E-state index contributed by atoms with van der Waals surface area (Å²) in [5.41, 5.74) is 2.74. The minimum atomic E-state index is -4.11. The lowest BCUT2D eigenvalue weighted by atomic mass is 10.1. The first kappa shape index (κ1) is 27.9. The number of rotatable bonds is 9. The number of carbonyl (C=O) groups excluding carboxylic acids is 2. The SMILES string of the molecule is Cc1ccc(N(CC(=O)Nc2ccccc2C(=O)NC(C)c2ccccc2)S(=O)(=O)c2ccc(Cl)cc2)cc1. The zero-order valence-electron chi connectivity index (χ0n) is 21.5. The number of aryl methyl sites for hydroxylation is 1. The Morgan fingerprint density at radius 2 is 1.46 bits per heavy atom. The van der Waals surface area contributed by atoms with E-state index < -0.39 is 22.5 Å². The molecule has 0 fully saturated rings. The first-order valence-electron chi connectivity index (χ1n) is 12.2. The molecule has 2 N–H and O–H groups in total. The zero-order valence-corrected chi connectivity index (χ0v) is 23.0. The van der Waals surface area contributed by atoms with Crippen LogP contribution in [0.2, 0.25) is 5.02 Å².